The van der Waals surface area contributed by atoms with E-state index in [9.17, 15) is 5.26 Å². The van der Waals surface area contributed by atoms with Crippen molar-refractivity contribution < 1.29 is 4.74 Å². The van der Waals surface area contributed by atoms with E-state index in [0.717, 1.165) is 17.7 Å². The van der Waals surface area contributed by atoms with Crippen LogP contribution in [0.15, 0.2) is 23.1 Å². The molecule has 0 amide bonds. The second kappa shape index (κ2) is 6.31. The average molecular weight is 276 g/mol. The van der Waals surface area contributed by atoms with Crippen LogP contribution in [0.2, 0.25) is 0 Å². The Morgan fingerprint density at radius 1 is 1.37 bits per heavy atom. The molecule has 0 heterocycles. The van der Waals surface area contributed by atoms with Gasteiger partial charge in [-0.2, -0.15) is 5.26 Å². The van der Waals surface area contributed by atoms with Crippen LogP contribution in [0, 0.1) is 11.3 Å². The minimum absolute atomic E-state index is 0.222. The number of nitrogens with two attached hydrogens (primary N) is 1. The fourth-order valence-electron chi connectivity index (χ4n) is 2.53. The zero-order valence-corrected chi connectivity index (χ0v) is 12.1. The van der Waals surface area contributed by atoms with E-state index in [0.29, 0.717) is 17.9 Å². The van der Waals surface area contributed by atoms with Crippen molar-refractivity contribution >= 4 is 11.8 Å². The van der Waals surface area contributed by atoms with Gasteiger partial charge in [-0.05, 0) is 31.2 Å². The van der Waals surface area contributed by atoms with Gasteiger partial charge in [-0.1, -0.05) is 25.3 Å². The van der Waals surface area contributed by atoms with Gasteiger partial charge in [-0.3, -0.25) is 0 Å². The molecule has 0 bridgehead atoms. The van der Waals surface area contributed by atoms with Gasteiger partial charge in [0.15, 0.2) is 0 Å². The predicted molar refractivity (Wildman–Crippen MR) is 78.4 cm³/mol. The number of nitrogens with zero attached hydrogens (tertiary/aromatic N) is 1. The first-order chi connectivity index (χ1) is 9.18. The average Bonchev–Trinajstić information content (AvgIpc) is 2.45. The quantitative estimate of drug-likeness (QED) is 0.857. The van der Waals surface area contributed by atoms with E-state index in [4.69, 9.17) is 10.5 Å². The van der Waals surface area contributed by atoms with Gasteiger partial charge in [0.25, 0.3) is 0 Å². The summed E-state index contributed by atoms with van der Waals surface area (Å²) in [5.74, 6) is 0.657. The van der Waals surface area contributed by atoms with E-state index in [1.54, 1.807) is 11.8 Å². The number of ether oxygens (including phenoxy) is 1. The van der Waals surface area contributed by atoms with Crippen molar-refractivity contribution in [2.75, 3.05) is 12.9 Å². The van der Waals surface area contributed by atoms with Crippen LogP contribution in [0.3, 0.4) is 0 Å². The number of rotatable bonds is 4. The van der Waals surface area contributed by atoms with Crippen molar-refractivity contribution in [2.45, 2.75) is 42.5 Å². The monoisotopic (exact) mass is 276 g/mol. The lowest BCUT2D eigenvalue weighted by Gasteiger charge is -2.33. The van der Waals surface area contributed by atoms with Crippen LogP contribution in [0.1, 0.15) is 37.7 Å². The second-order valence-corrected chi connectivity index (χ2v) is 6.00. The number of thioether (sulfide) groups is 1. The third-order valence-corrected chi connectivity index (χ3v) is 4.46. The molecule has 1 aliphatic rings. The number of hydrogen-bond donors (Lipinski definition) is 1. The van der Waals surface area contributed by atoms with Crippen molar-refractivity contribution in [1.29, 1.82) is 5.26 Å². The topological polar surface area (TPSA) is 59.0 Å². The van der Waals surface area contributed by atoms with Gasteiger partial charge in [-0.15, -0.1) is 11.8 Å². The van der Waals surface area contributed by atoms with Gasteiger partial charge in [0.1, 0.15) is 24.0 Å². The summed E-state index contributed by atoms with van der Waals surface area (Å²) in [5.41, 5.74) is 6.75. The zero-order valence-electron chi connectivity index (χ0n) is 11.3. The lowest BCUT2D eigenvalue weighted by molar-refractivity contribution is 0.173. The highest BCUT2D eigenvalue weighted by Crippen LogP contribution is 2.30. The maximum Gasteiger partial charge on any atom is 0.138 e. The molecule has 1 saturated carbocycles. The SMILES string of the molecule is CSc1cccc(OCC2(N)CCCCC2)c1C#N. The largest absolute Gasteiger partial charge is 0.490 e. The zero-order chi connectivity index (χ0) is 13.7. The van der Waals surface area contributed by atoms with Crippen LogP contribution in [0.25, 0.3) is 0 Å². The van der Waals surface area contributed by atoms with E-state index in [1.165, 1.54) is 19.3 Å². The highest BCUT2D eigenvalue weighted by molar-refractivity contribution is 7.98. The molecule has 1 aromatic rings. The standard InChI is InChI=1S/C15H20N2OS/c1-19-14-7-5-6-13(12(14)10-16)18-11-15(17)8-3-2-4-9-15/h5-7H,2-4,8-9,11,17H2,1H3. The van der Waals surface area contributed by atoms with E-state index in [2.05, 4.69) is 6.07 Å². The molecule has 102 valence electrons. The van der Waals surface area contributed by atoms with Crippen LogP contribution in [-0.4, -0.2) is 18.4 Å². The highest BCUT2D eigenvalue weighted by atomic mass is 32.2. The van der Waals surface area contributed by atoms with Gasteiger partial charge in [0, 0.05) is 4.90 Å². The molecule has 1 aromatic carbocycles. The van der Waals surface area contributed by atoms with Gasteiger partial charge in [-0.25, -0.2) is 0 Å². The summed E-state index contributed by atoms with van der Waals surface area (Å²) in [6, 6.07) is 7.94. The summed E-state index contributed by atoms with van der Waals surface area (Å²) in [4.78, 5) is 0.953. The maximum atomic E-state index is 9.26. The van der Waals surface area contributed by atoms with Crippen molar-refractivity contribution in [1.82, 2.24) is 0 Å². The van der Waals surface area contributed by atoms with Gasteiger partial charge < -0.3 is 10.5 Å². The van der Waals surface area contributed by atoms with Gasteiger partial charge in [0.2, 0.25) is 0 Å². The lowest BCUT2D eigenvalue weighted by atomic mass is 9.83. The Labute approximate surface area is 119 Å². The molecule has 4 heteroatoms. The maximum absolute atomic E-state index is 9.26. The number of benzene rings is 1. The van der Waals surface area contributed by atoms with Gasteiger partial charge in [0.05, 0.1) is 5.54 Å². The fraction of sp³-hybridized carbons (Fsp3) is 0.533. The first-order valence-electron chi connectivity index (χ1n) is 6.67. The Morgan fingerprint density at radius 2 is 2.11 bits per heavy atom. The molecule has 0 spiro atoms. The van der Waals surface area contributed by atoms with E-state index in [-0.39, 0.29) is 5.54 Å². The lowest BCUT2D eigenvalue weighted by Crippen LogP contribution is -2.47. The second-order valence-electron chi connectivity index (χ2n) is 5.16. The van der Waals surface area contributed by atoms with Gasteiger partial charge >= 0.3 is 0 Å². The Morgan fingerprint density at radius 3 is 2.74 bits per heavy atom. The Hall–Kier alpha value is -1.18. The van der Waals surface area contributed by atoms with Crippen LogP contribution < -0.4 is 10.5 Å². The fourth-order valence-corrected chi connectivity index (χ4v) is 3.10. The Bertz CT molecular complexity index is 476. The normalized spacial score (nSPS) is 17.7. The van der Waals surface area contributed by atoms with Crippen LogP contribution in [-0.2, 0) is 0 Å². The smallest absolute Gasteiger partial charge is 0.138 e. The van der Waals surface area contributed by atoms with Crippen molar-refractivity contribution in [3.63, 3.8) is 0 Å². The third-order valence-electron chi connectivity index (χ3n) is 3.68. The molecule has 2 rings (SSSR count). The summed E-state index contributed by atoms with van der Waals surface area (Å²) in [7, 11) is 0. The minimum Gasteiger partial charge on any atom is -0.490 e. The Kier molecular flexibility index (Phi) is 4.73. The molecular formula is C15H20N2OS. The molecule has 0 unspecified atom stereocenters. The summed E-state index contributed by atoms with van der Waals surface area (Å²) in [5, 5.41) is 9.26. The predicted octanol–water partition coefficient (Wildman–Crippen LogP) is 3.32. The molecule has 1 aliphatic carbocycles. The third kappa shape index (κ3) is 3.43. The van der Waals surface area contributed by atoms with Crippen LogP contribution in [0.4, 0.5) is 0 Å². The summed E-state index contributed by atoms with van der Waals surface area (Å²) < 4.78 is 5.85. The van der Waals surface area contributed by atoms with Crippen LogP contribution in [0.5, 0.6) is 5.75 Å². The molecule has 0 aliphatic heterocycles. The molecule has 1 fully saturated rings. The molecule has 0 atom stereocenters. The van der Waals surface area contributed by atoms with Crippen molar-refractivity contribution in [2.24, 2.45) is 5.73 Å². The molecule has 3 nitrogen and oxygen atoms in total. The van der Waals surface area contributed by atoms with Crippen molar-refractivity contribution in [3.8, 4) is 11.8 Å². The first-order valence-corrected chi connectivity index (χ1v) is 7.90. The van der Waals surface area contributed by atoms with E-state index >= 15 is 0 Å². The van der Waals surface area contributed by atoms with E-state index in [1.807, 2.05) is 24.5 Å². The summed E-state index contributed by atoms with van der Waals surface area (Å²) in [6.45, 7) is 0.500. The molecule has 19 heavy (non-hydrogen) atoms. The molecular weight excluding hydrogens is 256 g/mol. The van der Waals surface area contributed by atoms with Crippen LogP contribution >= 0.6 is 11.8 Å². The highest BCUT2D eigenvalue weighted by Gasteiger charge is 2.28. The molecule has 0 radical (unpaired) electrons. The molecule has 0 aromatic heterocycles. The Balaban J connectivity index is 2.09. The summed E-state index contributed by atoms with van der Waals surface area (Å²) >= 11 is 1.56. The first kappa shape index (κ1) is 14.2. The number of nitriles is 1. The molecule has 0 saturated heterocycles. The minimum atomic E-state index is -0.222. The van der Waals surface area contributed by atoms with Crippen molar-refractivity contribution in [3.05, 3.63) is 23.8 Å². The van der Waals surface area contributed by atoms with E-state index < -0.39 is 0 Å². The summed E-state index contributed by atoms with van der Waals surface area (Å²) in [6.07, 6.45) is 7.61. The molecule has 2 N–H and O–H groups in total. The number of hydrogen-bond acceptors (Lipinski definition) is 4.